The molecule has 94 valence electrons. The van der Waals surface area contributed by atoms with E-state index in [4.69, 9.17) is 0 Å². The molecule has 0 aromatic carbocycles. The first-order chi connectivity index (χ1) is 7.99. The summed E-state index contributed by atoms with van der Waals surface area (Å²) in [7, 11) is 0. The zero-order valence-corrected chi connectivity index (χ0v) is 11.4. The highest BCUT2D eigenvalue weighted by atomic mass is 32.1. The molecule has 1 N–H and O–H groups in total. The summed E-state index contributed by atoms with van der Waals surface area (Å²) < 4.78 is 0. The first-order valence-corrected chi connectivity index (χ1v) is 6.85. The summed E-state index contributed by atoms with van der Waals surface area (Å²) in [6, 6.07) is 1.95. The van der Waals surface area contributed by atoms with Gasteiger partial charge in [-0.05, 0) is 37.8 Å². The lowest BCUT2D eigenvalue weighted by Crippen LogP contribution is -2.45. The Labute approximate surface area is 106 Å². The molecule has 1 aliphatic rings. The van der Waals surface area contributed by atoms with Gasteiger partial charge >= 0.3 is 0 Å². The average Bonchev–Trinajstić information content (AvgIpc) is 2.62. The maximum atomic E-state index is 12.2. The van der Waals surface area contributed by atoms with Crippen LogP contribution in [0, 0.1) is 19.8 Å². The molecule has 0 spiro atoms. The van der Waals surface area contributed by atoms with E-state index in [9.17, 15) is 9.90 Å². The molecule has 1 amide bonds. The minimum atomic E-state index is -0.380. The van der Waals surface area contributed by atoms with Gasteiger partial charge in [-0.1, -0.05) is 6.92 Å². The maximum absolute atomic E-state index is 12.2. The van der Waals surface area contributed by atoms with Crippen LogP contribution in [0.25, 0.3) is 0 Å². The Kier molecular flexibility index (Phi) is 3.54. The lowest BCUT2D eigenvalue weighted by atomic mass is 9.96. The highest BCUT2D eigenvalue weighted by molar-refractivity contribution is 7.14. The van der Waals surface area contributed by atoms with Gasteiger partial charge in [0.05, 0.1) is 11.0 Å². The number of aryl methyl sites for hydroxylation is 2. The molecule has 1 aliphatic heterocycles. The smallest absolute Gasteiger partial charge is 0.264 e. The molecule has 0 radical (unpaired) electrons. The number of likely N-dealkylation sites (tertiary alicyclic amines) is 1. The predicted molar refractivity (Wildman–Crippen MR) is 69.5 cm³/mol. The van der Waals surface area contributed by atoms with E-state index in [-0.39, 0.29) is 12.0 Å². The number of amides is 1. The van der Waals surface area contributed by atoms with Gasteiger partial charge in [-0.2, -0.15) is 0 Å². The van der Waals surface area contributed by atoms with E-state index in [1.165, 1.54) is 10.4 Å². The largest absolute Gasteiger partial charge is 0.391 e. The molecule has 2 atom stereocenters. The first-order valence-electron chi connectivity index (χ1n) is 6.03. The van der Waals surface area contributed by atoms with Crippen molar-refractivity contribution in [1.82, 2.24) is 4.90 Å². The number of carbonyl (C=O) groups excluding carboxylic acids is 1. The first kappa shape index (κ1) is 12.6. The van der Waals surface area contributed by atoms with Crippen molar-refractivity contribution >= 4 is 17.2 Å². The lowest BCUT2D eigenvalue weighted by Gasteiger charge is -2.34. The maximum Gasteiger partial charge on any atom is 0.264 e. The van der Waals surface area contributed by atoms with Gasteiger partial charge in [0.25, 0.3) is 5.91 Å². The summed E-state index contributed by atoms with van der Waals surface area (Å²) in [6.45, 7) is 7.31. The second kappa shape index (κ2) is 4.78. The Hall–Kier alpha value is -0.870. The van der Waals surface area contributed by atoms with E-state index in [1.54, 1.807) is 16.2 Å². The molecule has 1 saturated heterocycles. The number of hydrogen-bond acceptors (Lipinski definition) is 3. The van der Waals surface area contributed by atoms with Crippen LogP contribution in [0.3, 0.4) is 0 Å². The van der Waals surface area contributed by atoms with Gasteiger partial charge in [0.2, 0.25) is 0 Å². The number of piperidine rings is 1. The van der Waals surface area contributed by atoms with Crippen molar-refractivity contribution in [2.75, 3.05) is 13.1 Å². The van der Waals surface area contributed by atoms with Crippen LogP contribution >= 0.6 is 11.3 Å². The molecule has 0 bridgehead atoms. The number of nitrogens with zero attached hydrogens (tertiary/aromatic N) is 1. The summed E-state index contributed by atoms with van der Waals surface area (Å²) in [5.74, 6) is 0.364. The van der Waals surface area contributed by atoms with Crippen LogP contribution in [0.15, 0.2) is 6.07 Å². The Morgan fingerprint density at radius 2 is 2.24 bits per heavy atom. The summed E-state index contributed by atoms with van der Waals surface area (Å²) in [4.78, 5) is 16.0. The molecule has 1 fully saturated rings. The van der Waals surface area contributed by atoms with Gasteiger partial charge in [0, 0.05) is 18.0 Å². The van der Waals surface area contributed by atoms with E-state index in [0.717, 1.165) is 17.8 Å². The third-order valence-corrected chi connectivity index (χ3v) is 4.72. The molecule has 2 rings (SSSR count). The topological polar surface area (TPSA) is 40.5 Å². The van der Waals surface area contributed by atoms with Crippen LogP contribution in [-0.4, -0.2) is 35.1 Å². The Bertz CT molecular complexity index is 408. The summed E-state index contributed by atoms with van der Waals surface area (Å²) in [5, 5.41) is 9.81. The molecule has 0 aliphatic carbocycles. The van der Waals surface area contributed by atoms with Crippen LogP contribution in [-0.2, 0) is 0 Å². The standard InChI is InChI=1S/C13H19NO2S/c1-8-4-5-14(7-11(8)15)13(16)12-6-9(2)10(3)17-12/h6,8,11,15H,4-5,7H2,1-3H3. The SMILES string of the molecule is Cc1cc(C(=O)N2CCC(C)C(O)C2)sc1C. The fraction of sp³-hybridized carbons (Fsp3) is 0.615. The highest BCUT2D eigenvalue weighted by Crippen LogP contribution is 2.24. The third-order valence-electron chi connectivity index (χ3n) is 3.58. The van der Waals surface area contributed by atoms with E-state index >= 15 is 0 Å². The van der Waals surface area contributed by atoms with Crippen molar-refractivity contribution < 1.29 is 9.90 Å². The van der Waals surface area contributed by atoms with Gasteiger partial charge in [0.1, 0.15) is 0 Å². The third kappa shape index (κ3) is 2.53. The second-order valence-electron chi connectivity index (χ2n) is 4.93. The zero-order chi connectivity index (χ0) is 12.6. The fourth-order valence-corrected chi connectivity index (χ4v) is 3.07. The Morgan fingerprint density at radius 3 is 2.76 bits per heavy atom. The van der Waals surface area contributed by atoms with Gasteiger partial charge in [0.15, 0.2) is 0 Å². The monoisotopic (exact) mass is 253 g/mol. The molecule has 1 aromatic heterocycles. The van der Waals surface area contributed by atoms with E-state index in [1.807, 2.05) is 26.8 Å². The average molecular weight is 253 g/mol. The van der Waals surface area contributed by atoms with Crippen LogP contribution in [0.1, 0.15) is 33.5 Å². The Balaban J connectivity index is 2.10. The van der Waals surface area contributed by atoms with Crippen LogP contribution in [0.4, 0.5) is 0 Å². The number of rotatable bonds is 1. The van der Waals surface area contributed by atoms with Crippen LogP contribution in [0.5, 0.6) is 0 Å². The Morgan fingerprint density at radius 1 is 1.53 bits per heavy atom. The second-order valence-corrected chi connectivity index (χ2v) is 6.19. The minimum absolute atomic E-state index is 0.0668. The quantitative estimate of drug-likeness (QED) is 0.833. The van der Waals surface area contributed by atoms with Crippen molar-refractivity contribution in [3.05, 3.63) is 21.4 Å². The number of carbonyl (C=O) groups is 1. The van der Waals surface area contributed by atoms with E-state index in [2.05, 4.69) is 0 Å². The number of aliphatic hydroxyl groups excluding tert-OH is 1. The molecule has 4 heteroatoms. The highest BCUT2D eigenvalue weighted by Gasteiger charge is 2.28. The van der Waals surface area contributed by atoms with Crippen molar-refractivity contribution in [3.63, 3.8) is 0 Å². The zero-order valence-electron chi connectivity index (χ0n) is 10.6. The summed E-state index contributed by atoms with van der Waals surface area (Å²) in [6.07, 6.45) is 0.505. The molecule has 1 aromatic rings. The van der Waals surface area contributed by atoms with Gasteiger partial charge in [-0.15, -0.1) is 11.3 Å². The van der Waals surface area contributed by atoms with Crippen molar-refractivity contribution in [2.24, 2.45) is 5.92 Å². The minimum Gasteiger partial charge on any atom is -0.391 e. The molecular weight excluding hydrogens is 234 g/mol. The van der Waals surface area contributed by atoms with Gasteiger partial charge in [-0.25, -0.2) is 0 Å². The van der Waals surface area contributed by atoms with Crippen LogP contribution in [0.2, 0.25) is 0 Å². The number of β-amino-alcohol motifs (C(OH)–C–C–N with tert-alkyl or cyclic N) is 1. The van der Waals surface area contributed by atoms with E-state index in [0.29, 0.717) is 12.5 Å². The number of hydrogen-bond donors (Lipinski definition) is 1. The molecule has 17 heavy (non-hydrogen) atoms. The van der Waals surface area contributed by atoms with Gasteiger partial charge in [-0.3, -0.25) is 4.79 Å². The van der Waals surface area contributed by atoms with Crippen molar-refractivity contribution in [3.8, 4) is 0 Å². The van der Waals surface area contributed by atoms with Crippen LogP contribution < -0.4 is 0 Å². The molecule has 2 heterocycles. The summed E-state index contributed by atoms with van der Waals surface area (Å²) >= 11 is 1.55. The molecule has 2 unspecified atom stereocenters. The van der Waals surface area contributed by atoms with Crippen molar-refractivity contribution in [2.45, 2.75) is 33.3 Å². The fourth-order valence-electron chi connectivity index (χ4n) is 2.07. The van der Waals surface area contributed by atoms with Gasteiger partial charge < -0.3 is 10.0 Å². The van der Waals surface area contributed by atoms with Crippen molar-refractivity contribution in [1.29, 1.82) is 0 Å². The normalized spacial score (nSPS) is 25.1. The predicted octanol–water partition coefficient (Wildman–Crippen LogP) is 2.21. The number of thiophene rings is 1. The molecule has 0 saturated carbocycles. The molecular formula is C13H19NO2S. The molecule has 3 nitrogen and oxygen atoms in total. The lowest BCUT2D eigenvalue weighted by molar-refractivity contribution is 0.0251. The van der Waals surface area contributed by atoms with E-state index < -0.39 is 0 Å². The number of aliphatic hydroxyl groups is 1. The summed E-state index contributed by atoms with van der Waals surface area (Å²) in [5.41, 5.74) is 1.17.